The van der Waals surface area contributed by atoms with Crippen LogP contribution in [0.5, 0.6) is 0 Å². The highest BCUT2D eigenvalue weighted by atomic mass is 16.2. The van der Waals surface area contributed by atoms with E-state index in [4.69, 9.17) is 0 Å². The lowest BCUT2D eigenvalue weighted by Crippen LogP contribution is -2.33. The number of aryl methyl sites for hydroxylation is 1. The van der Waals surface area contributed by atoms with Crippen molar-refractivity contribution in [1.82, 2.24) is 4.90 Å². The molecular formula is C13H17NO2. The van der Waals surface area contributed by atoms with Crippen LogP contribution in [0.3, 0.4) is 0 Å². The Labute approximate surface area is 96.1 Å². The summed E-state index contributed by atoms with van der Waals surface area (Å²) in [6.45, 7) is 3.90. The second-order valence-corrected chi connectivity index (χ2v) is 4.02. The second-order valence-electron chi connectivity index (χ2n) is 4.02. The number of hydrogen-bond donors (Lipinski definition) is 0. The van der Waals surface area contributed by atoms with Crippen molar-refractivity contribution >= 4 is 11.7 Å². The molecule has 0 aliphatic rings. The molecule has 86 valence electrons. The highest BCUT2D eigenvalue weighted by Crippen LogP contribution is 2.05. The molecule has 1 aromatic carbocycles. The standard InChI is InChI=1S/C13H17NO2/c1-10-5-4-6-12(9-10)7-8-14(3)13(16)11(2)15/h4-6,9H,7-8H2,1-3H3. The zero-order valence-corrected chi connectivity index (χ0v) is 9.99. The van der Waals surface area contributed by atoms with Crippen molar-refractivity contribution in [2.75, 3.05) is 13.6 Å². The average molecular weight is 219 g/mol. The number of amides is 1. The maximum Gasteiger partial charge on any atom is 0.289 e. The maximum atomic E-state index is 11.3. The fourth-order valence-electron chi connectivity index (χ4n) is 1.53. The first kappa shape index (κ1) is 12.4. The molecule has 1 amide bonds. The van der Waals surface area contributed by atoms with Gasteiger partial charge in [-0.3, -0.25) is 9.59 Å². The van der Waals surface area contributed by atoms with Crippen molar-refractivity contribution in [2.45, 2.75) is 20.3 Å². The Hall–Kier alpha value is -1.64. The number of benzene rings is 1. The maximum absolute atomic E-state index is 11.3. The van der Waals surface area contributed by atoms with Gasteiger partial charge in [0.2, 0.25) is 5.78 Å². The third kappa shape index (κ3) is 3.50. The van der Waals surface area contributed by atoms with Crippen molar-refractivity contribution in [1.29, 1.82) is 0 Å². The fourth-order valence-corrected chi connectivity index (χ4v) is 1.53. The van der Waals surface area contributed by atoms with E-state index in [-0.39, 0.29) is 0 Å². The normalized spacial score (nSPS) is 9.94. The summed E-state index contributed by atoms with van der Waals surface area (Å²) in [7, 11) is 1.65. The Morgan fingerprint density at radius 1 is 1.31 bits per heavy atom. The molecule has 0 fully saturated rings. The first-order valence-corrected chi connectivity index (χ1v) is 5.32. The van der Waals surface area contributed by atoms with E-state index < -0.39 is 11.7 Å². The summed E-state index contributed by atoms with van der Waals surface area (Å²) in [5.41, 5.74) is 2.39. The highest BCUT2D eigenvalue weighted by molar-refractivity contribution is 6.34. The monoisotopic (exact) mass is 219 g/mol. The van der Waals surface area contributed by atoms with Crippen LogP contribution in [0, 0.1) is 6.92 Å². The van der Waals surface area contributed by atoms with Gasteiger partial charge in [0.25, 0.3) is 5.91 Å². The van der Waals surface area contributed by atoms with Crippen LogP contribution in [0.25, 0.3) is 0 Å². The smallest absolute Gasteiger partial charge is 0.289 e. The van der Waals surface area contributed by atoms with Gasteiger partial charge in [0, 0.05) is 20.5 Å². The molecule has 0 radical (unpaired) electrons. The fraction of sp³-hybridized carbons (Fsp3) is 0.385. The first-order chi connectivity index (χ1) is 7.50. The van der Waals surface area contributed by atoms with Crippen molar-refractivity contribution in [3.05, 3.63) is 35.4 Å². The average Bonchev–Trinajstić information content (AvgIpc) is 2.24. The molecule has 0 saturated heterocycles. The summed E-state index contributed by atoms with van der Waals surface area (Å²) in [6.07, 6.45) is 0.775. The number of carbonyl (C=O) groups excluding carboxylic acids is 2. The second kappa shape index (κ2) is 5.45. The van der Waals surface area contributed by atoms with Crippen molar-refractivity contribution in [3.63, 3.8) is 0 Å². The van der Waals surface area contributed by atoms with Gasteiger partial charge in [0.05, 0.1) is 0 Å². The van der Waals surface area contributed by atoms with Crippen LogP contribution in [-0.2, 0) is 16.0 Å². The molecule has 3 heteroatoms. The van der Waals surface area contributed by atoms with Crippen LogP contribution in [-0.4, -0.2) is 30.2 Å². The predicted molar refractivity (Wildman–Crippen MR) is 63.2 cm³/mol. The summed E-state index contributed by atoms with van der Waals surface area (Å²) in [4.78, 5) is 23.6. The van der Waals surface area contributed by atoms with E-state index in [0.717, 1.165) is 6.42 Å². The van der Waals surface area contributed by atoms with E-state index in [1.165, 1.54) is 23.0 Å². The molecule has 1 rings (SSSR count). The molecule has 0 aromatic heterocycles. The Kier molecular flexibility index (Phi) is 4.23. The van der Waals surface area contributed by atoms with Gasteiger partial charge in [-0.25, -0.2) is 0 Å². The number of ketones is 1. The molecule has 0 aliphatic carbocycles. The largest absolute Gasteiger partial charge is 0.339 e. The van der Waals surface area contributed by atoms with Crippen molar-refractivity contribution in [2.24, 2.45) is 0 Å². The van der Waals surface area contributed by atoms with Crippen LogP contribution >= 0.6 is 0 Å². The van der Waals surface area contributed by atoms with Gasteiger partial charge in [-0.2, -0.15) is 0 Å². The quantitative estimate of drug-likeness (QED) is 0.721. The van der Waals surface area contributed by atoms with Gasteiger partial charge in [-0.05, 0) is 18.9 Å². The molecule has 16 heavy (non-hydrogen) atoms. The molecule has 0 spiro atoms. The highest BCUT2D eigenvalue weighted by Gasteiger charge is 2.12. The van der Waals surface area contributed by atoms with Crippen LogP contribution in [0.1, 0.15) is 18.1 Å². The summed E-state index contributed by atoms with van der Waals surface area (Å²) in [6, 6.07) is 8.15. The molecule has 3 nitrogen and oxygen atoms in total. The van der Waals surface area contributed by atoms with E-state index in [2.05, 4.69) is 6.07 Å². The summed E-state index contributed by atoms with van der Waals surface area (Å²) in [5, 5.41) is 0. The van der Waals surface area contributed by atoms with E-state index in [0.29, 0.717) is 6.54 Å². The van der Waals surface area contributed by atoms with Gasteiger partial charge in [-0.15, -0.1) is 0 Å². The van der Waals surface area contributed by atoms with E-state index in [1.807, 2.05) is 25.1 Å². The van der Waals surface area contributed by atoms with E-state index >= 15 is 0 Å². The van der Waals surface area contributed by atoms with Crippen molar-refractivity contribution in [3.8, 4) is 0 Å². The minimum absolute atomic E-state index is 0.410. The Bertz CT molecular complexity index is 399. The van der Waals surface area contributed by atoms with Gasteiger partial charge in [0.15, 0.2) is 0 Å². The Balaban J connectivity index is 2.52. The third-order valence-corrected chi connectivity index (χ3v) is 2.47. The van der Waals surface area contributed by atoms with Crippen molar-refractivity contribution < 1.29 is 9.59 Å². The summed E-state index contributed by atoms with van der Waals surface area (Å²) in [5.74, 6) is -0.834. The van der Waals surface area contributed by atoms with Gasteiger partial charge >= 0.3 is 0 Å². The lowest BCUT2D eigenvalue weighted by molar-refractivity contribution is -0.142. The molecule has 0 aliphatic heterocycles. The summed E-state index contributed by atoms with van der Waals surface area (Å²) >= 11 is 0. The molecule has 0 bridgehead atoms. The Morgan fingerprint density at radius 2 is 2.00 bits per heavy atom. The lowest BCUT2D eigenvalue weighted by atomic mass is 10.1. The molecule has 0 heterocycles. The molecule has 1 aromatic rings. The number of likely N-dealkylation sites (N-methyl/N-ethyl adjacent to an activating group) is 1. The predicted octanol–water partition coefficient (Wildman–Crippen LogP) is 1.58. The van der Waals surface area contributed by atoms with E-state index in [1.54, 1.807) is 7.05 Å². The molecule has 0 saturated carbocycles. The lowest BCUT2D eigenvalue weighted by Gasteiger charge is -2.15. The molecular weight excluding hydrogens is 202 g/mol. The number of nitrogens with zero attached hydrogens (tertiary/aromatic N) is 1. The SMILES string of the molecule is CC(=O)C(=O)N(C)CCc1cccc(C)c1. The zero-order chi connectivity index (χ0) is 12.1. The van der Waals surface area contributed by atoms with Gasteiger partial charge in [-0.1, -0.05) is 29.8 Å². The first-order valence-electron chi connectivity index (χ1n) is 5.32. The van der Waals surface area contributed by atoms with Crippen LogP contribution < -0.4 is 0 Å². The topological polar surface area (TPSA) is 37.4 Å². The van der Waals surface area contributed by atoms with Crippen LogP contribution in [0.2, 0.25) is 0 Å². The number of carbonyl (C=O) groups is 2. The number of hydrogen-bond acceptors (Lipinski definition) is 2. The Morgan fingerprint density at radius 3 is 2.56 bits per heavy atom. The zero-order valence-electron chi connectivity index (χ0n) is 9.99. The molecule has 0 N–H and O–H groups in total. The minimum Gasteiger partial charge on any atom is -0.339 e. The number of Topliss-reactive ketones (excluding diaryl/α,β-unsaturated/α-hetero) is 1. The van der Waals surface area contributed by atoms with E-state index in [9.17, 15) is 9.59 Å². The minimum atomic E-state index is -0.423. The van der Waals surface area contributed by atoms with Crippen LogP contribution in [0.15, 0.2) is 24.3 Å². The molecule has 0 atom stereocenters. The number of rotatable bonds is 4. The van der Waals surface area contributed by atoms with Gasteiger partial charge < -0.3 is 4.90 Å². The van der Waals surface area contributed by atoms with Gasteiger partial charge in [0.1, 0.15) is 0 Å². The summed E-state index contributed by atoms with van der Waals surface area (Å²) < 4.78 is 0. The molecule has 0 unspecified atom stereocenters. The van der Waals surface area contributed by atoms with Crippen LogP contribution in [0.4, 0.5) is 0 Å². The third-order valence-electron chi connectivity index (χ3n) is 2.47.